The van der Waals surface area contributed by atoms with E-state index < -0.39 is 15.1 Å². The van der Waals surface area contributed by atoms with Crippen molar-refractivity contribution in [3.8, 4) is 5.75 Å². The fourth-order valence-electron chi connectivity index (χ4n) is 2.98. The van der Waals surface area contributed by atoms with Crippen LogP contribution in [0.3, 0.4) is 0 Å². The molecule has 132 valence electrons. The summed E-state index contributed by atoms with van der Waals surface area (Å²) in [6.07, 6.45) is 2.70. The largest absolute Gasteiger partial charge is 0.497 e. The summed E-state index contributed by atoms with van der Waals surface area (Å²) in [5, 5.41) is 2.68. The van der Waals surface area contributed by atoms with Crippen LogP contribution in [0.4, 0.5) is 0 Å². The zero-order valence-corrected chi connectivity index (χ0v) is 15.3. The molecule has 5 heteroatoms. The van der Waals surface area contributed by atoms with E-state index in [0.29, 0.717) is 11.4 Å². The topological polar surface area (TPSA) is 55.4 Å². The Bertz CT molecular complexity index is 853. The fourth-order valence-corrected chi connectivity index (χ4v) is 4.53. The van der Waals surface area contributed by atoms with Gasteiger partial charge in [0.05, 0.1) is 17.3 Å². The molecule has 1 heterocycles. The Balaban J connectivity index is 1.95. The van der Waals surface area contributed by atoms with Crippen molar-refractivity contribution < 1.29 is 13.2 Å². The molecule has 2 aromatic rings. The minimum Gasteiger partial charge on any atom is -0.497 e. The van der Waals surface area contributed by atoms with E-state index in [1.165, 1.54) is 0 Å². The van der Waals surface area contributed by atoms with Gasteiger partial charge in [0.1, 0.15) is 5.75 Å². The maximum Gasteiger partial charge on any atom is 0.186 e. The molecule has 1 aliphatic heterocycles. The van der Waals surface area contributed by atoms with E-state index in [1.54, 1.807) is 19.2 Å². The highest BCUT2D eigenvalue weighted by molar-refractivity contribution is 7.92. The second-order valence-corrected chi connectivity index (χ2v) is 8.44. The summed E-state index contributed by atoms with van der Waals surface area (Å²) < 4.78 is 31.2. The molecular formula is C20H23NO3S. The average molecular weight is 357 g/mol. The summed E-state index contributed by atoms with van der Waals surface area (Å²) in [5.41, 5.74) is 3.13. The molecule has 3 rings (SSSR count). The van der Waals surface area contributed by atoms with Crippen LogP contribution in [0, 0.1) is 6.92 Å². The number of rotatable bonds is 4. The second-order valence-electron chi connectivity index (χ2n) is 6.27. The molecule has 0 fully saturated rings. The molecule has 2 aromatic carbocycles. The van der Waals surface area contributed by atoms with Gasteiger partial charge < -0.3 is 10.1 Å². The third kappa shape index (κ3) is 3.94. The van der Waals surface area contributed by atoms with Crippen LogP contribution in [0.5, 0.6) is 5.75 Å². The van der Waals surface area contributed by atoms with E-state index in [0.717, 1.165) is 35.4 Å². The van der Waals surface area contributed by atoms with Crippen LogP contribution in [0.2, 0.25) is 0 Å². The Hall–Kier alpha value is -2.11. The predicted octanol–water partition coefficient (Wildman–Crippen LogP) is 3.22. The Morgan fingerprint density at radius 2 is 1.72 bits per heavy atom. The first kappa shape index (κ1) is 17.7. The highest BCUT2D eigenvalue weighted by atomic mass is 32.2. The van der Waals surface area contributed by atoms with Crippen LogP contribution in [0.25, 0.3) is 5.57 Å². The van der Waals surface area contributed by atoms with E-state index in [-0.39, 0.29) is 0 Å². The van der Waals surface area contributed by atoms with E-state index in [2.05, 4.69) is 5.32 Å². The quantitative estimate of drug-likeness (QED) is 0.913. The highest BCUT2D eigenvalue weighted by Crippen LogP contribution is 2.26. The highest BCUT2D eigenvalue weighted by Gasteiger charge is 2.27. The van der Waals surface area contributed by atoms with Gasteiger partial charge in [0.15, 0.2) is 9.84 Å². The molecule has 0 saturated heterocycles. The van der Waals surface area contributed by atoms with Gasteiger partial charge in [-0.15, -0.1) is 0 Å². The molecule has 1 N–H and O–H groups in total. The summed E-state index contributed by atoms with van der Waals surface area (Å²) in [5.74, 6) is 0.792. The van der Waals surface area contributed by atoms with Gasteiger partial charge in [-0.1, -0.05) is 35.9 Å². The average Bonchev–Trinajstić information content (AvgIpc) is 2.89. The molecular weight excluding hydrogens is 334 g/mol. The minimum atomic E-state index is -3.42. The van der Waals surface area contributed by atoms with Gasteiger partial charge in [0.25, 0.3) is 0 Å². The van der Waals surface area contributed by atoms with Crippen molar-refractivity contribution in [2.24, 2.45) is 0 Å². The lowest BCUT2D eigenvalue weighted by Crippen LogP contribution is -2.31. The summed E-state index contributed by atoms with van der Waals surface area (Å²) in [4.78, 5) is 0.372. The van der Waals surface area contributed by atoms with E-state index in [4.69, 9.17) is 4.74 Å². The van der Waals surface area contributed by atoms with E-state index in [1.807, 2.05) is 49.4 Å². The van der Waals surface area contributed by atoms with Crippen LogP contribution in [-0.2, 0) is 9.84 Å². The molecule has 0 amide bonds. The molecule has 0 unspecified atom stereocenters. The monoisotopic (exact) mass is 357 g/mol. The van der Waals surface area contributed by atoms with Gasteiger partial charge in [-0.05, 0) is 55.3 Å². The molecule has 0 radical (unpaired) electrons. The van der Waals surface area contributed by atoms with Crippen molar-refractivity contribution in [1.82, 2.24) is 5.32 Å². The van der Waals surface area contributed by atoms with E-state index >= 15 is 0 Å². The number of hydrogen-bond acceptors (Lipinski definition) is 4. The zero-order valence-electron chi connectivity index (χ0n) is 14.5. The lowest BCUT2D eigenvalue weighted by Gasteiger charge is -2.14. The smallest absolute Gasteiger partial charge is 0.186 e. The van der Waals surface area contributed by atoms with Gasteiger partial charge in [-0.25, -0.2) is 8.42 Å². The van der Waals surface area contributed by atoms with E-state index in [9.17, 15) is 8.42 Å². The molecule has 0 aliphatic carbocycles. The predicted molar refractivity (Wildman–Crippen MR) is 101 cm³/mol. The van der Waals surface area contributed by atoms with Crippen molar-refractivity contribution in [2.75, 3.05) is 20.2 Å². The minimum absolute atomic E-state index is 0.372. The van der Waals surface area contributed by atoms with Crippen molar-refractivity contribution in [1.29, 1.82) is 0 Å². The Morgan fingerprint density at radius 3 is 2.36 bits per heavy atom. The third-order valence-corrected chi connectivity index (χ3v) is 6.54. The Kier molecular flexibility index (Phi) is 5.25. The van der Waals surface area contributed by atoms with Gasteiger partial charge in [-0.2, -0.15) is 0 Å². The van der Waals surface area contributed by atoms with Crippen LogP contribution < -0.4 is 10.1 Å². The summed E-state index contributed by atoms with van der Waals surface area (Å²) in [6, 6.07) is 14.8. The SMILES string of the molecule is COc1ccc(C2=C[C@H](S(=O)(=O)c3ccc(C)cc3)CNCC2)cc1. The number of methoxy groups -OCH3 is 1. The maximum absolute atomic E-state index is 13.0. The molecule has 0 bridgehead atoms. The summed E-state index contributed by atoms with van der Waals surface area (Å²) in [6.45, 7) is 3.14. The first-order valence-corrected chi connectivity index (χ1v) is 9.92. The molecule has 4 nitrogen and oxygen atoms in total. The van der Waals surface area contributed by atoms with Crippen LogP contribution in [-0.4, -0.2) is 33.9 Å². The normalized spacial score (nSPS) is 18.3. The van der Waals surface area contributed by atoms with Crippen LogP contribution in [0.1, 0.15) is 17.5 Å². The van der Waals surface area contributed by atoms with Crippen LogP contribution in [0.15, 0.2) is 59.5 Å². The molecule has 1 aliphatic rings. The van der Waals surface area contributed by atoms with Gasteiger partial charge in [0, 0.05) is 6.54 Å². The summed E-state index contributed by atoms with van der Waals surface area (Å²) in [7, 11) is -1.79. The Labute approximate surface area is 149 Å². The summed E-state index contributed by atoms with van der Waals surface area (Å²) >= 11 is 0. The first-order chi connectivity index (χ1) is 12.0. The molecule has 0 saturated carbocycles. The second kappa shape index (κ2) is 7.42. The van der Waals surface area contributed by atoms with Gasteiger partial charge in [0.2, 0.25) is 0 Å². The van der Waals surface area contributed by atoms with Crippen molar-refractivity contribution in [2.45, 2.75) is 23.5 Å². The standard InChI is InChI=1S/C20H23NO3S/c1-15-3-9-19(10-4-15)25(22,23)20-13-17(11-12-21-14-20)16-5-7-18(24-2)8-6-16/h3-10,13,20-21H,11-12,14H2,1-2H3/t20-/m0/s1. The van der Waals surface area contributed by atoms with Crippen LogP contribution >= 0.6 is 0 Å². The maximum atomic E-state index is 13.0. The number of aryl methyl sites for hydroxylation is 1. The molecule has 0 spiro atoms. The molecule has 1 atom stereocenters. The lowest BCUT2D eigenvalue weighted by molar-refractivity contribution is 0.415. The van der Waals surface area contributed by atoms with Gasteiger partial charge in [-0.3, -0.25) is 0 Å². The fraction of sp³-hybridized carbons (Fsp3) is 0.300. The number of sulfone groups is 1. The van der Waals surface area contributed by atoms with Crippen molar-refractivity contribution >= 4 is 15.4 Å². The Morgan fingerprint density at radius 1 is 1.04 bits per heavy atom. The van der Waals surface area contributed by atoms with Crippen molar-refractivity contribution in [3.63, 3.8) is 0 Å². The van der Waals surface area contributed by atoms with Gasteiger partial charge >= 0.3 is 0 Å². The zero-order chi connectivity index (χ0) is 17.9. The lowest BCUT2D eigenvalue weighted by atomic mass is 10.0. The number of nitrogens with one attached hydrogen (secondary N) is 1. The molecule has 0 aromatic heterocycles. The van der Waals surface area contributed by atoms with Crippen molar-refractivity contribution in [3.05, 3.63) is 65.7 Å². The third-order valence-electron chi connectivity index (χ3n) is 4.51. The first-order valence-electron chi connectivity index (χ1n) is 8.37. The number of hydrogen-bond donors (Lipinski definition) is 1. The molecule has 25 heavy (non-hydrogen) atoms. The number of ether oxygens (including phenoxy) is 1. The number of benzene rings is 2.